The number of fused-ring (bicyclic) bond motifs is 1. The van der Waals surface area contributed by atoms with E-state index >= 15 is 0 Å². The molecule has 4 fully saturated rings. The van der Waals surface area contributed by atoms with Crippen LogP contribution in [0.25, 0.3) is 22.2 Å². The number of morpholine rings is 1. The molecule has 0 spiro atoms. The summed E-state index contributed by atoms with van der Waals surface area (Å²) in [6.45, 7) is 10.1. The number of anilines is 1. The van der Waals surface area contributed by atoms with Crippen molar-refractivity contribution in [2.24, 2.45) is 0 Å². The lowest BCUT2D eigenvalue weighted by atomic mass is 9.79. The van der Waals surface area contributed by atoms with Gasteiger partial charge in [0.1, 0.15) is 0 Å². The second-order valence-corrected chi connectivity index (χ2v) is 12.2. The maximum absolute atomic E-state index is 13.4. The average Bonchev–Trinajstić information content (AvgIpc) is 3.44. The standard InChI is InChI=1S/C32H42N6O3/c39-31(33-23-32(10-2-1-3-11-32)38-16-18-40-19-17-38)25-6-9-29-28(20-25)30(35-34-29)24-4-7-26(8-5-24)36-12-14-37(15-13-36)27-21-41-22-27/h4-9,20,27H,1-3,10-19,21-23H2,(H,33,39)(H,34,35). The summed E-state index contributed by atoms with van der Waals surface area (Å²) in [7, 11) is 0. The second kappa shape index (κ2) is 11.7. The number of hydrogen-bond donors (Lipinski definition) is 2. The highest BCUT2D eigenvalue weighted by molar-refractivity contribution is 6.01. The Bertz CT molecular complexity index is 1330. The summed E-state index contributed by atoms with van der Waals surface area (Å²) in [5, 5.41) is 12.1. The second-order valence-electron chi connectivity index (χ2n) is 12.2. The van der Waals surface area contributed by atoms with Crippen molar-refractivity contribution in [2.75, 3.05) is 77.1 Å². The molecule has 1 amide bonds. The summed E-state index contributed by atoms with van der Waals surface area (Å²) in [5.41, 5.74) is 4.84. The van der Waals surface area contributed by atoms with E-state index in [-0.39, 0.29) is 11.4 Å². The van der Waals surface area contributed by atoms with Gasteiger partial charge in [0.05, 0.1) is 43.7 Å². The molecule has 4 aliphatic rings. The number of ether oxygens (including phenoxy) is 2. The molecular weight excluding hydrogens is 516 g/mol. The predicted molar refractivity (Wildman–Crippen MR) is 160 cm³/mol. The molecule has 1 aliphatic carbocycles. The minimum absolute atomic E-state index is 0.0137. The van der Waals surface area contributed by atoms with Gasteiger partial charge in [-0.1, -0.05) is 31.4 Å². The van der Waals surface area contributed by atoms with Gasteiger partial charge in [-0.3, -0.25) is 19.7 Å². The summed E-state index contributed by atoms with van der Waals surface area (Å²) in [6.07, 6.45) is 6.01. The SMILES string of the molecule is O=C(NCC1(N2CCOCC2)CCCCC1)c1ccc2[nH]nc(-c3ccc(N4CCN(C5COC5)CC4)cc3)c2c1. The van der Waals surface area contributed by atoms with Crippen LogP contribution >= 0.6 is 0 Å². The fraction of sp³-hybridized carbons (Fsp3) is 0.562. The summed E-state index contributed by atoms with van der Waals surface area (Å²) in [6, 6.07) is 15.2. The van der Waals surface area contributed by atoms with Crippen molar-refractivity contribution in [1.82, 2.24) is 25.3 Å². The molecule has 9 heteroatoms. The number of aromatic nitrogens is 2. The zero-order valence-corrected chi connectivity index (χ0v) is 23.9. The lowest BCUT2D eigenvalue weighted by Gasteiger charge is -2.48. The number of benzene rings is 2. The maximum Gasteiger partial charge on any atom is 0.251 e. The maximum atomic E-state index is 13.4. The highest BCUT2D eigenvalue weighted by Crippen LogP contribution is 2.34. The first-order valence-corrected chi connectivity index (χ1v) is 15.4. The van der Waals surface area contributed by atoms with Crippen molar-refractivity contribution in [3.63, 3.8) is 0 Å². The minimum Gasteiger partial charge on any atom is -0.379 e. The van der Waals surface area contributed by atoms with Gasteiger partial charge in [0.25, 0.3) is 5.91 Å². The van der Waals surface area contributed by atoms with Crippen molar-refractivity contribution >= 4 is 22.5 Å². The molecule has 1 saturated carbocycles. The molecule has 1 aromatic heterocycles. The molecule has 4 heterocycles. The quantitative estimate of drug-likeness (QED) is 0.459. The minimum atomic E-state index is -0.0137. The van der Waals surface area contributed by atoms with Gasteiger partial charge >= 0.3 is 0 Å². The zero-order valence-electron chi connectivity index (χ0n) is 23.9. The number of amides is 1. The van der Waals surface area contributed by atoms with E-state index in [0.717, 1.165) is 101 Å². The predicted octanol–water partition coefficient (Wildman–Crippen LogP) is 3.52. The third kappa shape index (κ3) is 5.48. The molecule has 0 radical (unpaired) electrons. The molecule has 3 saturated heterocycles. The van der Waals surface area contributed by atoms with E-state index in [0.29, 0.717) is 18.2 Å². The van der Waals surface area contributed by atoms with Crippen LogP contribution in [-0.2, 0) is 9.47 Å². The van der Waals surface area contributed by atoms with Crippen LogP contribution in [0.15, 0.2) is 42.5 Å². The highest BCUT2D eigenvalue weighted by Gasteiger charge is 2.39. The summed E-state index contributed by atoms with van der Waals surface area (Å²) >= 11 is 0. The van der Waals surface area contributed by atoms with E-state index in [9.17, 15) is 4.79 Å². The van der Waals surface area contributed by atoms with Gasteiger partial charge in [-0.05, 0) is 43.2 Å². The molecule has 7 rings (SSSR count). The first-order chi connectivity index (χ1) is 20.2. The number of aromatic amines is 1. The van der Waals surface area contributed by atoms with Crippen LogP contribution in [0.4, 0.5) is 5.69 Å². The Morgan fingerprint density at radius 3 is 2.39 bits per heavy atom. The Balaban J connectivity index is 1.04. The third-order valence-corrected chi connectivity index (χ3v) is 9.83. The number of hydrogen-bond acceptors (Lipinski definition) is 7. The molecule has 3 aliphatic heterocycles. The molecule has 218 valence electrons. The molecule has 2 N–H and O–H groups in total. The number of nitrogens with one attached hydrogen (secondary N) is 2. The lowest BCUT2D eigenvalue weighted by molar-refractivity contribution is -0.0660. The van der Waals surface area contributed by atoms with E-state index in [1.165, 1.54) is 24.9 Å². The number of carbonyl (C=O) groups excluding carboxylic acids is 1. The van der Waals surface area contributed by atoms with Crippen LogP contribution in [0, 0.1) is 0 Å². The summed E-state index contributed by atoms with van der Waals surface area (Å²) < 4.78 is 11.0. The smallest absolute Gasteiger partial charge is 0.251 e. The van der Waals surface area contributed by atoms with E-state index in [1.54, 1.807) is 0 Å². The molecule has 2 aromatic carbocycles. The van der Waals surface area contributed by atoms with E-state index in [2.05, 4.69) is 54.5 Å². The van der Waals surface area contributed by atoms with E-state index < -0.39 is 0 Å². The van der Waals surface area contributed by atoms with Crippen LogP contribution < -0.4 is 10.2 Å². The van der Waals surface area contributed by atoms with Crippen molar-refractivity contribution in [3.8, 4) is 11.3 Å². The average molecular weight is 559 g/mol. The van der Waals surface area contributed by atoms with Gasteiger partial charge in [0.15, 0.2) is 0 Å². The largest absolute Gasteiger partial charge is 0.379 e. The lowest BCUT2D eigenvalue weighted by Crippen LogP contribution is -2.59. The molecule has 9 nitrogen and oxygen atoms in total. The molecule has 0 atom stereocenters. The van der Waals surface area contributed by atoms with E-state index in [1.807, 2.05) is 18.2 Å². The van der Waals surface area contributed by atoms with Gasteiger partial charge in [0.2, 0.25) is 0 Å². The Hall–Kier alpha value is -2.98. The van der Waals surface area contributed by atoms with Crippen molar-refractivity contribution in [3.05, 3.63) is 48.0 Å². The van der Waals surface area contributed by atoms with Crippen molar-refractivity contribution in [2.45, 2.75) is 43.7 Å². The van der Waals surface area contributed by atoms with Crippen molar-refractivity contribution in [1.29, 1.82) is 0 Å². The van der Waals surface area contributed by atoms with Crippen LogP contribution in [-0.4, -0.2) is 110 Å². The normalized spacial score (nSPS) is 22.5. The van der Waals surface area contributed by atoms with Gasteiger partial charge < -0.3 is 19.7 Å². The fourth-order valence-electron chi connectivity index (χ4n) is 7.18. The molecular formula is C32H42N6O3. The first-order valence-electron chi connectivity index (χ1n) is 15.4. The number of carbonyl (C=O) groups is 1. The van der Waals surface area contributed by atoms with Crippen LogP contribution in [0.2, 0.25) is 0 Å². The number of nitrogens with zero attached hydrogens (tertiary/aromatic N) is 4. The zero-order chi connectivity index (χ0) is 27.6. The van der Waals surface area contributed by atoms with E-state index in [4.69, 9.17) is 9.47 Å². The van der Waals surface area contributed by atoms with Gasteiger partial charge in [-0.15, -0.1) is 0 Å². The highest BCUT2D eigenvalue weighted by atomic mass is 16.5. The molecule has 41 heavy (non-hydrogen) atoms. The Morgan fingerprint density at radius 2 is 1.68 bits per heavy atom. The summed E-state index contributed by atoms with van der Waals surface area (Å²) in [4.78, 5) is 21.0. The Labute approximate surface area is 242 Å². The summed E-state index contributed by atoms with van der Waals surface area (Å²) in [5.74, 6) is -0.0137. The van der Waals surface area contributed by atoms with Crippen molar-refractivity contribution < 1.29 is 14.3 Å². The van der Waals surface area contributed by atoms with Crippen LogP contribution in [0.1, 0.15) is 42.5 Å². The number of H-pyrrole nitrogens is 1. The first kappa shape index (κ1) is 26.9. The monoisotopic (exact) mass is 558 g/mol. The fourth-order valence-corrected chi connectivity index (χ4v) is 7.18. The molecule has 0 unspecified atom stereocenters. The van der Waals surface area contributed by atoms with Gasteiger partial charge in [-0.25, -0.2) is 0 Å². The van der Waals surface area contributed by atoms with Gasteiger partial charge in [-0.2, -0.15) is 5.10 Å². The Morgan fingerprint density at radius 1 is 0.927 bits per heavy atom. The van der Waals surface area contributed by atoms with Crippen LogP contribution in [0.5, 0.6) is 0 Å². The topological polar surface area (TPSA) is 86.0 Å². The third-order valence-electron chi connectivity index (χ3n) is 9.83. The molecule has 3 aromatic rings. The van der Waals surface area contributed by atoms with Gasteiger partial charge in [0, 0.05) is 73.6 Å². The Kier molecular flexibility index (Phi) is 7.69. The molecule has 0 bridgehead atoms. The number of piperazine rings is 1. The number of rotatable bonds is 7. The van der Waals surface area contributed by atoms with Crippen LogP contribution in [0.3, 0.4) is 0 Å².